The van der Waals surface area contributed by atoms with Crippen LogP contribution in [0.5, 0.6) is 5.75 Å². The van der Waals surface area contributed by atoms with Crippen molar-refractivity contribution in [1.29, 1.82) is 0 Å². The van der Waals surface area contributed by atoms with Gasteiger partial charge >= 0.3 is 0 Å². The summed E-state index contributed by atoms with van der Waals surface area (Å²) in [5, 5.41) is 0. The summed E-state index contributed by atoms with van der Waals surface area (Å²) in [6.07, 6.45) is 0. The smallest absolute Gasteiger partial charge is 0.277 e. The van der Waals surface area contributed by atoms with Crippen LogP contribution in [0.15, 0.2) is 69.6 Å². The van der Waals surface area contributed by atoms with Gasteiger partial charge in [0, 0.05) is 39.7 Å². The van der Waals surface area contributed by atoms with E-state index in [1.807, 2.05) is 60.7 Å². The summed E-state index contributed by atoms with van der Waals surface area (Å²) in [6, 6.07) is 18.9. The molecule has 0 bridgehead atoms. The van der Waals surface area contributed by atoms with E-state index >= 15 is 0 Å². The minimum atomic E-state index is -1.54. The monoisotopic (exact) mass is 538 g/mol. The molecule has 2 unspecified atom stereocenters. The van der Waals surface area contributed by atoms with Crippen LogP contribution in [0, 0.1) is 0 Å². The second-order valence-electron chi connectivity index (χ2n) is 8.03. The lowest BCUT2D eigenvalue weighted by molar-refractivity contribution is -0.142. The number of para-hydroxylation sites is 3. The number of nitrogens with zero attached hydrogens (tertiary/aromatic N) is 2. The predicted molar refractivity (Wildman–Crippen MR) is 125 cm³/mol. The lowest BCUT2D eigenvalue weighted by Gasteiger charge is -2.37. The number of amides is 2. The first kappa shape index (κ1) is 19.1. The molecule has 7 heteroatoms. The molecular formula is C24H16Br2N2O3. The molecule has 0 N–H and O–H groups in total. The number of halogens is 2. The number of anilines is 2. The molecular weight excluding hydrogens is 524 g/mol. The van der Waals surface area contributed by atoms with Crippen molar-refractivity contribution in [3.8, 4) is 5.75 Å². The van der Waals surface area contributed by atoms with E-state index in [-0.39, 0.29) is 11.8 Å². The third kappa shape index (κ3) is 1.90. The van der Waals surface area contributed by atoms with E-state index in [4.69, 9.17) is 4.74 Å². The Morgan fingerprint density at radius 3 is 1.97 bits per heavy atom. The Morgan fingerprint density at radius 1 is 0.710 bits per heavy atom. The summed E-state index contributed by atoms with van der Waals surface area (Å²) in [4.78, 5) is 31.6. The SMILES string of the molecule is CN1C(=O)C2(Oc3ccccc3C23C(=O)N(C)c2c(Br)cccc23)c2cccc(Br)c21. The van der Waals surface area contributed by atoms with Crippen molar-refractivity contribution in [2.24, 2.45) is 0 Å². The van der Waals surface area contributed by atoms with Crippen LogP contribution < -0.4 is 14.5 Å². The number of hydrogen-bond acceptors (Lipinski definition) is 3. The largest absolute Gasteiger partial charge is 0.470 e. The van der Waals surface area contributed by atoms with Crippen LogP contribution in [0.1, 0.15) is 16.7 Å². The number of carbonyl (C=O) groups excluding carboxylic acids is 2. The Bertz CT molecular complexity index is 1340. The van der Waals surface area contributed by atoms with Crippen molar-refractivity contribution < 1.29 is 14.3 Å². The molecule has 0 saturated carbocycles. The van der Waals surface area contributed by atoms with E-state index in [0.29, 0.717) is 16.9 Å². The van der Waals surface area contributed by atoms with Crippen molar-refractivity contribution in [1.82, 2.24) is 0 Å². The van der Waals surface area contributed by atoms with Gasteiger partial charge in [-0.25, -0.2) is 0 Å². The van der Waals surface area contributed by atoms with Gasteiger partial charge in [0.1, 0.15) is 5.75 Å². The molecule has 31 heavy (non-hydrogen) atoms. The van der Waals surface area contributed by atoms with Crippen molar-refractivity contribution in [3.63, 3.8) is 0 Å². The molecule has 0 radical (unpaired) electrons. The molecule has 3 aliphatic heterocycles. The number of rotatable bonds is 0. The van der Waals surface area contributed by atoms with Gasteiger partial charge in [-0.1, -0.05) is 42.5 Å². The van der Waals surface area contributed by atoms with Gasteiger partial charge in [0.15, 0.2) is 5.41 Å². The van der Waals surface area contributed by atoms with Crippen LogP contribution in [0.2, 0.25) is 0 Å². The summed E-state index contributed by atoms with van der Waals surface area (Å²) in [5.74, 6) is 0.0979. The predicted octanol–water partition coefficient (Wildman–Crippen LogP) is 4.74. The molecule has 0 aromatic heterocycles. The molecule has 2 amide bonds. The number of benzene rings is 3. The zero-order valence-corrected chi connectivity index (χ0v) is 19.8. The van der Waals surface area contributed by atoms with E-state index in [9.17, 15) is 9.59 Å². The zero-order chi connectivity index (χ0) is 21.7. The fraction of sp³-hybridized carbons (Fsp3) is 0.167. The number of ether oxygens (including phenoxy) is 1. The summed E-state index contributed by atoms with van der Waals surface area (Å²) in [5.41, 5.74) is 0.744. The van der Waals surface area contributed by atoms with Crippen LogP contribution in [0.25, 0.3) is 0 Å². The van der Waals surface area contributed by atoms with Crippen molar-refractivity contribution >= 4 is 55.0 Å². The van der Waals surface area contributed by atoms with Gasteiger partial charge in [-0.05, 0) is 50.1 Å². The maximum absolute atomic E-state index is 14.3. The molecule has 5 nitrogen and oxygen atoms in total. The number of fused-ring (bicyclic) bond motifs is 7. The van der Waals surface area contributed by atoms with Crippen LogP contribution in [-0.4, -0.2) is 25.9 Å². The van der Waals surface area contributed by atoms with Crippen LogP contribution in [0.4, 0.5) is 11.4 Å². The van der Waals surface area contributed by atoms with Crippen LogP contribution in [0.3, 0.4) is 0 Å². The minimum Gasteiger partial charge on any atom is -0.470 e. The highest BCUT2D eigenvalue weighted by molar-refractivity contribution is 9.11. The maximum atomic E-state index is 14.3. The van der Waals surface area contributed by atoms with Crippen molar-refractivity contribution in [2.45, 2.75) is 11.0 Å². The number of hydrogen-bond donors (Lipinski definition) is 0. The average Bonchev–Trinajstić information content (AvgIpc) is 3.28. The average molecular weight is 540 g/mol. The van der Waals surface area contributed by atoms with Gasteiger partial charge in [-0.2, -0.15) is 0 Å². The molecule has 0 saturated heterocycles. The Balaban J connectivity index is 1.83. The summed E-state index contributed by atoms with van der Waals surface area (Å²) in [7, 11) is 3.48. The standard InChI is InChI=1S/C24H16Br2N2O3/c1-27-19-14(8-5-10-16(19)25)23(21(27)29)13-7-3-4-12-18(13)31-24(23)15-9-6-11-17(26)20(15)28(2)22(24)30/h3-12H,1-2H3. The third-order valence-corrected chi connectivity index (χ3v) is 8.02. The quantitative estimate of drug-likeness (QED) is 0.414. The zero-order valence-electron chi connectivity index (χ0n) is 16.6. The molecule has 3 aromatic carbocycles. The normalized spacial score (nSPS) is 25.3. The Kier molecular flexibility index (Phi) is 3.68. The van der Waals surface area contributed by atoms with Gasteiger partial charge < -0.3 is 14.5 Å². The highest BCUT2D eigenvalue weighted by Crippen LogP contribution is 2.67. The van der Waals surface area contributed by atoms with Crippen LogP contribution >= 0.6 is 31.9 Å². The molecule has 2 spiro atoms. The highest BCUT2D eigenvalue weighted by atomic mass is 79.9. The summed E-state index contributed by atoms with van der Waals surface area (Å²) >= 11 is 7.21. The number of carbonyl (C=O) groups is 2. The molecule has 2 atom stereocenters. The maximum Gasteiger partial charge on any atom is 0.277 e. The molecule has 0 fully saturated rings. The fourth-order valence-electron chi connectivity index (χ4n) is 5.58. The molecule has 3 heterocycles. The molecule has 6 rings (SSSR count). The van der Waals surface area contributed by atoms with Gasteiger partial charge in [0.25, 0.3) is 5.91 Å². The molecule has 3 aliphatic rings. The lowest BCUT2D eigenvalue weighted by Crippen LogP contribution is -2.59. The van der Waals surface area contributed by atoms with Crippen molar-refractivity contribution in [2.75, 3.05) is 23.9 Å². The lowest BCUT2D eigenvalue weighted by atomic mass is 9.63. The molecule has 0 aliphatic carbocycles. The first-order chi connectivity index (χ1) is 14.9. The fourth-order valence-corrected chi connectivity index (χ4v) is 6.84. The Labute approximate surface area is 195 Å². The van der Waals surface area contributed by atoms with E-state index in [1.165, 1.54) is 0 Å². The minimum absolute atomic E-state index is 0.186. The Hall–Kier alpha value is -2.64. The topological polar surface area (TPSA) is 49.9 Å². The molecule has 3 aromatic rings. The second kappa shape index (κ2) is 5.99. The van der Waals surface area contributed by atoms with Gasteiger partial charge in [0.2, 0.25) is 11.5 Å². The number of likely N-dealkylation sites (N-methyl/N-ethyl adjacent to an activating group) is 2. The van der Waals surface area contributed by atoms with E-state index in [0.717, 1.165) is 25.9 Å². The first-order valence-corrected chi connectivity index (χ1v) is 11.4. The van der Waals surface area contributed by atoms with E-state index in [2.05, 4.69) is 31.9 Å². The van der Waals surface area contributed by atoms with Crippen molar-refractivity contribution in [3.05, 3.63) is 86.3 Å². The van der Waals surface area contributed by atoms with Gasteiger partial charge in [0.05, 0.1) is 11.4 Å². The van der Waals surface area contributed by atoms with E-state index in [1.54, 1.807) is 23.9 Å². The van der Waals surface area contributed by atoms with Crippen LogP contribution in [-0.2, 0) is 20.6 Å². The Morgan fingerprint density at radius 2 is 1.26 bits per heavy atom. The third-order valence-electron chi connectivity index (χ3n) is 6.74. The molecule has 154 valence electrons. The van der Waals surface area contributed by atoms with Gasteiger partial charge in [-0.3, -0.25) is 9.59 Å². The summed E-state index contributed by atoms with van der Waals surface area (Å²) < 4.78 is 8.17. The second-order valence-corrected chi connectivity index (χ2v) is 9.74. The highest BCUT2D eigenvalue weighted by Gasteiger charge is 2.77. The van der Waals surface area contributed by atoms with Gasteiger partial charge in [-0.15, -0.1) is 0 Å². The van der Waals surface area contributed by atoms with E-state index < -0.39 is 11.0 Å². The first-order valence-electron chi connectivity index (χ1n) is 9.80. The summed E-state index contributed by atoms with van der Waals surface area (Å²) in [6.45, 7) is 0.